The molecular formula is C27H31N5O5S. The largest absolute Gasteiger partial charge is 0.490 e. The first-order valence-corrected chi connectivity index (χ1v) is 14.3. The molecule has 0 aliphatic heterocycles. The van der Waals surface area contributed by atoms with Crippen molar-refractivity contribution < 1.29 is 13.2 Å². The van der Waals surface area contributed by atoms with E-state index < -0.39 is 21.3 Å². The molecule has 1 aliphatic rings. The molecule has 2 N–H and O–H groups in total. The highest BCUT2D eigenvalue weighted by Gasteiger charge is 2.17. The summed E-state index contributed by atoms with van der Waals surface area (Å²) in [4.78, 5) is 31.5. The molecule has 1 fully saturated rings. The second-order valence-electron chi connectivity index (χ2n) is 9.54. The third-order valence-electron chi connectivity index (χ3n) is 6.91. The molecule has 11 heteroatoms. The molecule has 200 valence electrons. The van der Waals surface area contributed by atoms with E-state index in [0.29, 0.717) is 23.5 Å². The first-order valence-electron chi connectivity index (χ1n) is 12.9. The summed E-state index contributed by atoms with van der Waals surface area (Å²) in [5.74, 6) is 0.687. The van der Waals surface area contributed by atoms with Crippen LogP contribution < -0.4 is 20.7 Å². The van der Waals surface area contributed by atoms with E-state index in [1.807, 2.05) is 19.1 Å². The van der Waals surface area contributed by atoms with Crippen molar-refractivity contribution in [2.24, 2.45) is 0 Å². The zero-order valence-electron chi connectivity index (χ0n) is 21.2. The highest BCUT2D eigenvalue weighted by atomic mass is 32.2. The van der Waals surface area contributed by atoms with E-state index >= 15 is 0 Å². The smallest absolute Gasteiger partial charge is 0.330 e. The molecular weight excluding hydrogens is 506 g/mol. The predicted octanol–water partition coefficient (Wildman–Crippen LogP) is 3.14. The zero-order chi connectivity index (χ0) is 26.7. The fourth-order valence-electron chi connectivity index (χ4n) is 4.79. The van der Waals surface area contributed by atoms with Gasteiger partial charge in [0.15, 0.2) is 11.2 Å². The fraction of sp³-hybridized carbons (Fsp3) is 0.370. The van der Waals surface area contributed by atoms with Crippen molar-refractivity contribution in [2.75, 3.05) is 0 Å². The standard InChI is InChI=1S/C27H31N5O5S/c1-2-31-18-28-25-24(31)26(33)30-27(34)32(25)17-20-10-8-19(9-11-20)16-29-38(35,36)23-14-12-22(13-15-23)37-21-6-4-3-5-7-21/h8-15,18,21,29H,2-7,16-17H2,1H3,(H,30,33,34). The normalized spacial score (nSPS) is 14.7. The summed E-state index contributed by atoms with van der Waals surface area (Å²) in [5.41, 5.74) is 1.26. The number of rotatable bonds is 9. The number of benzene rings is 2. The third kappa shape index (κ3) is 5.58. The molecule has 2 aromatic heterocycles. The first-order chi connectivity index (χ1) is 18.3. The summed E-state index contributed by atoms with van der Waals surface area (Å²) >= 11 is 0. The van der Waals surface area contributed by atoms with Crippen LogP contribution in [0.1, 0.15) is 50.2 Å². The maximum absolute atomic E-state index is 12.8. The van der Waals surface area contributed by atoms with E-state index in [9.17, 15) is 18.0 Å². The molecule has 0 bridgehead atoms. The van der Waals surface area contributed by atoms with Crippen LogP contribution in [0.4, 0.5) is 0 Å². The van der Waals surface area contributed by atoms with Crippen molar-refractivity contribution in [3.05, 3.63) is 86.8 Å². The molecule has 0 amide bonds. The molecule has 0 atom stereocenters. The Morgan fingerprint density at radius 1 is 1.00 bits per heavy atom. The van der Waals surface area contributed by atoms with Gasteiger partial charge in [-0.15, -0.1) is 0 Å². The average Bonchev–Trinajstić information content (AvgIpc) is 3.36. The van der Waals surface area contributed by atoms with Crippen LogP contribution in [0, 0.1) is 0 Å². The van der Waals surface area contributed by atoms with E-state index in [2.05, 4.69) is 14.7 Å². The number of imidazole rings is 1. The van der Waals surface area contributed by atoms with Gasteiger partial charge in [0.2, 0.25) is 10.0 Å². The van der Waals surface area contributed by atoms with E-state index in [1.165, 1.54) is 23.8 Å². The van der Waals surface area contributed by atoms with Crippen molar-refractivity contribution in [1.82, 2.24) is 23.8 Å². The minimum atomic E-state index is -3.70. The number of hydrogen-bond donors (Lipinski definition) is 2. The van der Waals surface area contributed by atoms with Crippen LogP contribution in [-0.2, 0) is 29.7 Å². The van der Waals surface area contributed by atoms with Crippen molar-refractivity contribution in [3.63, 3.8) is 0 Å². The minimum Gasteiger partial charge on any atom is -0.490 e. The first kappa shape index (κ1) is 25.9. The van der Waals surface area contributed by atoms with Gasteiger partial charge in [0.25, 0.3) is 5.56 Å². The molecule has 0 saturated heterocycles. The second-order valence-corrected chi connectivity index (χ2v) is 11.3. The van der Waals surface area contributed by atoms with Crippen molar-refractivity contribution in [1.29, 1.82) is 0 Å². The summed E-state index contributed by atoms with van der Waals surface area (Å²) in [6.45, 7) is 2.78. The van der Waals surface area contributed by atoms with Crippen molar-refractivity contribution in [2.45, 2.75) is 69.7 Å². The summed E-state index contributed by atoms with van der Waals surface area (Å²) in [7, 11) is -3.70. The number of aromatic nitrogens is 4. The number of aryl methyl sites for hydroxylation is 1. The lowest BCUT2D eigenvalue weighted by Gasteiger charge is -2.23. The Kier molecular flexibility index (Phi) is 7.48. The van der Waals surface area contributed by atoms with Gasteiger partial charge in [-0.3, -0.25) is 14.3 Å². The Balaban J connectivity index is 1.23. The average molecular weight is 538 g/mol. The van der Waals surface area contributed by atoms with Crippen LogP contribution in [0.5, 0.6) is 5.75 Å². The molecule has 10 nitrogen and oxygen atoms in total. The van der Waals surface area contributed by atoms with Crippen LogP contribution in [-0.4, -0.2) is 33.6 Å². The van der Waals surface area contributed by atoms with Gasteiger partial charge in [-0.1, -0.05) is 30.7 Å². The van der Waals surface area contributed by atoms with Gasteiger partial charge in [0.1, 0.15) is 5.75 Å². The SMILES string of the molecule is CCn1cnc2c1c(=O)[nH]c(=O)n2Cc1ccc(CNS(=O)(=O)c2ccc(OC3CCCCC3)cc2)cc1. The van der Waals surface area contributed by atoms with Gasteiger partial charge < -0.3 is 9.30 Å². The van der Waals surface area contributed by atoms with Gasteiger partial charge >= 0.3 is 5.69 Å². The monoisotopic (exact) mass is 537 g/mol. The fourth-order valence-corrected chi connectivity index (χ4v) is 5.80. The highest BCUT2D eigenvalue weighted by Crippen LogP contribution is 2.24. The number of fused-ring (bicyclic) bond motifs is 1. The lowest BCUT2D eigenvalue weighted by molar-refractivity contribution is 0.155. The Morgan fingerprint density at radius 2 is 1.68 bits per heavy atom. The summed E-state index contributed by atoms with van der Waals surface area (Å²) in [5, 5.41) is 0. The van der Waals surface area contributed by atoms with Crippen LogP contribution in [0.2, 0.25) is 0 Å². The number of hydrogen-bond acceptors (Lipinski definition) is 6. The minimum absolute atomic E-state index is 0.118. The Labute approximate surface area is 220 Å². The quantitative estimate of drug-likeness (QED) is 0.338. The summed E-state index contributed by atoms with van der Waals surface area (Å²) < 4.78 is 37.3. The van der Waals surface area contributed by atoms with E-state index in [-0.39, 0.29) is 24.1 Å². The molecule has 1 aliphatic carbocycles. The van der Waals surface area contributed by atoms with E-state index in [0.717, 1.165) is 24.0 Å². The van der Waals surface area contributed by atoms with E-state index in [1.54, 1.807) is 47.3 Å². The Hall–Kier alpha value is -3.70. The zero-order valence-corrected chi connectivity index (χ0v) is 22.0. The van der Waals surface area contributed by atoms with Gasteiger partial charge in [0.05, 0.1) is 23.9 Å². The van der Waals surface area contributed by atoms with Crippen LogP contribution in [0.15, 0.2) is 69.3 Å². The number of aromatic amines is 1. The van der Waals surface area contributed by atoms with Crippen LogP contribution >= 0.6 is 0 Å². The predicted molar refractivity (Wildman–Crippen MR) is 144 cm³/mol. The van der Waals surface area contributed by atoms with Gasteiger partial charge in [-0.25, -0.2) is 22.9 Å². The van der Waals surface area contributed by atoms with E-state index in [4.69, 9.17) is 4.74 Å². The molecule has 38 heavy (non-hydrogen) atoms. The molecule has 2 heterocycles. The lowest BCUT2D eigenvalue weighted by atomic mass is 9.98. The number of nitrogens with one attached hydrogen (secondary N) is 2. The Morgan fingerprint density at radius 3 is 2.37 bits per heavy atom. The molecule has 4 aromatic rings. The van der Waals surface area contributed by atoms with Gasteiger partial charge in [-0.2, -0.15) is 0 Å². The van der Waals surface area contributed by atoms with Gasteiger partial charge in [-0.05, 0) is 68.0 Å². The maximum Gasteiger partial charge on any atom is 0.330 e. The van der Waals surface area contributed by atoms with Crippen molar-refractivity contribution >= 4 is 21.2 Å². The Bertz CT molecular complexity index is 1630. The molecule has 1 saturated carbocycles. The molecule has 0 radical (unpaired) electrons. The molecule has 2 aromatic carbocycles. The number of ether oxygens (including phenoxy) is 1. The number of H-pyrrole nitrogens is 1. The number of sulfonamides is 1. The summed E-state index contributed by atoms with van der Waals surface area (Å²) in [6.07, 6.45) is 7.40. The van der Waals surface area contributed by atoms with Crippen molar-refractivity contribution in [3.8, 4) is 5.75 Å². The topological polar surface area (TPSA) is 128 Å². The van der Waals surface area contributed by atoms with Gasteiger partial charge in [0, 0.05) is 13.1 Å². The lowest BCUT2D eigenvalue weighted by Crippen LogP contribution is -2.31. The van der Waals surface area contributed by atoms with Crippen LogP contribution in [0.3, 0.4) is 0 Å². The number of nitrogens with zero attached hydrogens (tertiary/aromatic N) is 3. The maximum atomic E-state index is 12.8. The summed E-state index contributed by atoms with van der Waals surface area (Å²) in [6, 6.07) is 13.8. The molecule has 5 rings (SSSR count). The highest BCUT2D eigenvalue weighted by molar-refractivity contribution is 7.89. The third-order valence-corrected chi connectivity index (χ3v) is 8.33. The second kappa shape index (κ2) is 11.0. The molecule has 0 spiro atoms. The van der Waals surface area contributed by atoms with Crippen LogP contribution in [0.25, 0.3) is 11.2 Å². The molecule has 0 unspecified atom stereocenters.